The van der Waals surface area contributed by atoms with E-state index in [0.717, 1.165) is 19.3 Å². The van der Waals surface area contributed by atoms with Gasteiger partial charge >= 0.3 is 0 Å². The molecule has 6 heteroatoms. The van der Waals surface area contributed by atoms with Gasteiger partial charge in [0.1, 0.15) is 11.0 Å². The second-order valence-electron chi connectivity index (χ2n) is 5.85. The number of hydrogen-bond acceptors (Lipinski definition) is 4. The van der Waals surface area contributed by atoms with Crippen LogP contribution in [0, 0.1) is 18.3 Å². The molecular formula is C15H19N3O2S. The molecule has 2 aliphatic rings. The lowest BCUT2D eigenvalue weighted by Gasteiger charge is -2.24. The van der Waals surface area contributed by atoms with Crippen molar-refractivity contribution in [2.45, 2.75) is 43.2 Å². The Hall–Kier alpha value is -1.42. The highest BCUT2D eigenvalue weighted by molar-refractivity contribution is 7.89. The zero-order valence-electron chi connectivity index (χ0n) is 12.0. The maximum absolute atomic E-state index is 12.9. The fourth-order valence-corrected chi connectivity index (χ4v) is 4.98. The number of nitrogens with zero attached hydrogens (tertiary/aromatic N) is 2. The molecule has 2 fully saturated rings. The van der Waals surface area contributed by atoms with E-state index in [1.807, 2.05) is 6.07 Å². The Labute approximate surface area is 125 Å². The van der Waals surface area contributed by atoms with E-state index in [1.54, 1.807) is 23.4 Å². The quantitative estimate of drug-likeness (QED) is 0.896. The molecule has 0 aliphatic carbocycles. The van der Waals surface area contributed by atoms with E-state index in [1.165, 1.54) is 6.07 Å². The second kappa shape index (κ2) is 5.41. The van der Waals surface area contributed by atoms with Gasteiger partial charge in [0.2, 0.25) is 10.0 Å². The van der Waals surface area contributed by atoms with Crippen molar-refractivity contribution in [1.29, 1.82) is 5.26 Å². The highest BCUT2D eigenvalue weighted by Gasteiger charge is 2.35. The molecule has 1 aromatic rings. The topological polar surface area (TPSA) is 73.2 Å². The first-order valence-corrected chi connectivity index (χ1v) is 8.72. The van der Waals surface area contributed by atoms with E-state index in [2.05, 4.69) is 5.32 Å². The summed E-state index contributed by atoms with van der Waals surface area (Å²) in [6.07, 6.45) is 2.99. The Balaban J connectivity index is 1.98. The standard InChI is InChI=1S/C15H19N3O2S/c1-11-3-2-4-15(14(11)9-16)21(19,20)18-8-7-12-5-6-13(10-18)17-12/h2-4,12-13,17H,5-8,10H2,1H3. The lowest BCUT2D eigenvalue weighted by molar-refractivity contribution is 0.383. The van der Waals surface area contributed by atoms with Gasteiger partial charge in [0.05, 0.1) is 5.56 Å². The third-order valence-corrected chi connectivity index (χ3v) is 6.36. The smallest absolute Gasteiger partial charge is 0.244 e. The third kappa shape index (κ3) is 2.57. The largest absolute Gasteiger partial charge is 0.310 e. The van der Waals surface area contributed by atoms with Gasteiger partial charge < -0.3 is 5.32 Å². The Bertz CT molecular complexity index is 693. The molecule has 21 heavy (non-hydrogen) atoms. The summed E-state index contributed by atoms with van der Waals surface area (Å²) >= 11 is 0. The molecule has 2 heterocycles. The van der Waals surface area contributed by atoms with E-state index in [4.69, 9.17) is 0 Å². The van der Waals surface area contributed by atoms with Gasteiger partial charge in [-0.25, -0.2) is 8.42 Å². The molecule has 0 amide bonds. The molecule has 2 aliphatic heterocycles. The van der Waals surface area contributed by atoms with Crippen molar-refractivity contribution in [2.75, 3.05) is 13.1 Å². The van der Waals surface area contributed by atoms with Gasteiger partial charge in [-0.05, 0) is 37.8 Å². The van der Waals surface area contributed by atoms with Crippen molar-refractivity contribution in [3.8, 4) is 6.07 Å². The van der Waals surface area contributed by atoms with Crippen LogP contribution in [0.25, 0.3) is 0 Å². The first kappa shape index (κ1) is 14.5. The molecule has 0 aromatic heterocycles. The Morgan fingerprint density at radius 2 is 2.05 bits per heavy atom. The summed E-state index contributed by atoms with van der Waals surface area (Å²) in [6, 6.07) is 7.72. The van der Waals surface area contributed by atoms with Gasteiger partial charge in [0.25, 0.3) is 0 Å². The first-order valence-electron chi connectivity index (χ1n) is 7.28. The fraction of sp³-hybridized carbons (Fsp3) is 0.533. The van der Waals surface area contributed by atoms with Crippen molar-refractivity contribution >= 4 is 10.0 Å². The van der Waals surface area contributed by atoms with Crippen LogP contribution >= 0.6 is 0 Å². The van der Waals surface area contributed by atoms with Gasteiger partial charge in [-0.1, -0.05) is 12.1 Å². The van der Waals surface area contributed by atoms with E-state index < -0.39 is 10.0 Å². The van der Waals surface area contributed by atoms with Crippen LogP contribution in [0.5, 0.6) is 0 Å². The van der Waals surface area contributed by atoms with Gasteiger partial charge in [-0.15, -0.1) is 0 Å². The van der Waals surface area contributed by atoms with E-state index in [0.29, 0.717) is 24.7 Å². The number of benzene rings is 1. The molecule has 1 N–H and O–H groups in total. The SMILES string of the molecule is Cc1cccc(S(=O)(=O)N2CCC3CCC(C2)N3)c1C#N. The third-order valence-electron chi connectivity index (χ3n) is 4.45. The summed E-state index contributed by atoms with van der Waals surface area (Å²) in [5, 5.41) is 12.8. The minimum absolute atomic E-state index is 0.141. The van der Waals surface area contributed by atoms with Gasteiger partial charge in [-0.3, -0.25) is 0 Å². The molecule has 1 aromatic carbocycles. The predicted octanol–water partition coefficient (Wildman–Crippen LogP) is 1.38. The molecule has 2 atom stereocenters. The highest BCUT2D eigenvalue weighted by Crippen LogP contribution is 2.27. The molecule has 0 saturated carbocycles. The first-order chi connectivity index (χ1) is 10.0. The summed E-state index contributed by atoms with van der Waals surface area (Å²) in [7, 11) is -3.60. The molecule has 112 valence electrons. The van der Waals surface area contributed by atoms with E-state index in [-0.39, 0.29) is 16.5 Å². The Morgan fingerprint density at radius 3 is 2.81 bits per heavy atom. The van der Waals surface area contributed by atoms with Crippen LogP contribution in [0.15, 0.2) is 23.1 Å². The molecule has 2 saturated heterocycles. The second-order valence-corrected chi connectivity index (χ2v) is 7.76. The van der Waals surface area contributed by atoms with Crippen molar-refractivity contribution in [2.24, 2.45) is 0 Å². The van der Waals surface area contributed by atoms with E-state index in [9.17, 15) is 13.7 Å². The summed E-state index contributed by atoms with van der Waals surface area (Å²) in [5.74, 6) is 0. The number of nitrogens with one attached hydrogen (secondary N) is 1. The average Bonchev–Trinajstić information content (AvgIpc) is 2.77. The molecule has 2 bridgehead atoms. The maximum atomic E-state index is 12.9. The normalized spacial score (nSPS) is 26.3. The average molecular weight is 305 g/mol. The number of nitriles is 1. The van der Waals surface area contributed by atoms with Gasteiger partial charge in [0, 0.05) is 25.2 Å². The van der Waals surface area contributed by atoms with Crippen molar-refractivity contribution in [3.63, 3.8) is 0 Å². The number of aryl methyl sites for hydroxylation is 1. The molecule has 5 nitrogen and oxygen atoms in total. The Morgan fingerprint density at radius 1 is 1.29 bits per heavy atom. The zero-order valence-corrected chi connectivity index (χ0v) is 12.9. The van der Waals surface area contributed by atoms with Crippen LogP contribution in [0.2, 0.25) is 0 Å². The number of hydrogen-bond donors (Lipinski definition) is 1. The van der Waals surface area contributed by atoms with Gasteiger partial charge in [-0.2, -0.15) is 9.57 Å². The summed E-state index contributed by atoms with van der Waals surface area (Å²) in [4.78, 5) is 0.141. The molecule has 0 radical (unpaired) electrons. The van der Waals surface area contributed by atoms with Crippen LogP contribution < -0.4 is 5.32 Å². The van der Waals surface area contributed by atoms with Crippen molar-refractivity contribution in [1.82, 2.24) is 9.62 Å². The summed E-state index contributed by atoms with van der Waals surface area (Å²) < 4.78 is 27.3. The maximum Gasteiger partial charge on any atom is 0.244 e. The summed E-state index contributed by atoms with van der Waals surface area (Å²) in [6.45, 7) is 2.79. The van der Waals surface area contributed by atoms with Crippen LogP contribution in [0.4, 0.5) is 0 Å². The lowest BCUT2D eigenvalue weighted by atomic mass is 10.1. The minimum Gasteiger partial charge on any atom is -0.310 e. The number of rotatable bonds is 2. The minimum atomic E-state index is -3.60. The van der Waals surface area contributed by atoms with Crippen molar-refractivity contribution < 1.29 is 8.42 Å². The Kier molecular flexibility index (Phi) is 3.74. The lowest BCUT2D eigenvalue weighted by Crippen LogP contribution is -2.39. The van der Waals surface area contributed by atoms with Crippen molar-refractivity contribution in [3.05, 3.63) is 29.3 Å². The number of fused-ring (bicyclic) bond motifs is 2. The molecule has 2 unspecified atom stereocenters. The fourth-order valence-electron chi connectivity index (χ4n) is 3.27. The van der Waals surface area contributed by atoms with E-state index >= 15 is 0 Å². The highest BCUT2D eigenvalue weighted by atomic mass is 32.2. The monoisotopic (exact) mass is 305 g/mol. The van der Waals surface area contributed by atoms with Crippen LogP contribution in [0.1, 0.15) is 30.4 Å². The van der Waals surface area contributed by atoms with Crippen LogP contribution in [0.3, 0.4) is 0 Å². The number of sulfonamides is 1. The molecule has 0 spiro atoms. The molecule has 3 rings (SSSR count). The molecular weight excluding hydrogens is 286 g/mol. The summed E-state index contributed by atoms with van der Waals surface area (Å²) in [5.41, 5.74) is 0.966. The van der Waals surface area contributed by atoms with Gasteiger partial charge in [0.15, 0.2) is 0 Å². The zero-order chi connectivity index (χ0) is 15.0. The predicted molar refractivity (Wildman–Crippen MR) is 79.2 cm³/mol. The van der Waals surface area contributed by atoms with Crippen LogP contribution in [-0.4, -0.2) is 37.9 Å². The van der Waals surface area contributed by atoms with Crippen LogP contribution in [-0.2, 0) is 10.0 Å².